The summed E-state index contributed by atoms with van der Waals surface area (Å²) >= 11 is 12.6. The van der Waals surface area contributed by atoms with Crippen molar-refractivity contribution in [1.29, 1.82) is 0 Å². The number of allylic oxidation sites excluding steroid dienone is 2. The van der Waals surface area contributed by atoms with E-state index in [1.165, 1.54) is 0 Å². The highest BCUT2D eigenvalue weighted by Gasteiger charge is 2.41. The average molecular weight is 431 g/mol. The average Bonchev–Trinajstić information content (AvgIpc) is 2.88. The van der Waals surface area contributed by atoms with Crippen LogP contribution in [0.25, 0.3) is 0 Å². The fourth-order valence-corrected chi connectivity index (χ4v) is 4.30. The van der Waals surface area contributed by atoms with Gasteiger partial charge in [0.1, 0.15) is 5.75 Å². The Morgan fingerprint density at radius 2 is 2.07 bits per heavy atom. The number of hydrogen-bond acceptors (Lipinski definition) is 4. The molecule has 1 aliphatic carbocycles. The smallest absolute Gasteiger partial charge is 0.303 e. The van der Waals surface area contributed by atoms with Crippen molar-refractivity contribution in [2.24, 2.45) is 11.8 Å². The summed E-state index contributed by atoms with van der Waals surface area (Å²) in [5, 5.41) is 19.5. The lowest BCUT2D eigenvalue weighted by atomic mass is 9.92. The van der Waals surface area contributed by atoms with Crippen molar-refractivity contribution in [2.45, 2.75) is 50.2 Å². The van der Waals surface area contributed by atoms with Crippen molar-refractivity contribution in [3.63, 3.8) is 0 Å². The van der Waals surface area contributed by atoms with Crippen LogP contribution in [0.2, 0.25) is 5.02 Å². The van der Waals surface area contributed by atoms with Crippen LogP contribution in [0.4, 0.5) is 0 Å². The summed E-state index contributed by atoms with van der Waals surface area (Å²) < 4.78 is 11.1. The molecule has 0 aromatic heterocycles. The second-order valence-electron chi connectivity index (χ2n) is 7.18. The Labute approximate surface area is 176 Å². The third-order valence-electron chi connectivity index (χ3n) is 5.00. The first-order chi connectivity index (χ1) is 13.4. The number of aliphatic hydroxyl groups excluding tert-OH is 1. The maximum Gasteiger partial charge on any atom is 0.303 e. The number of halogens is 2. The maximum absolute atomic E-state index is 10.5. The Hall–Kier alpha value is -1.27. The summed E-state index contributed by atoms with van der Waals surface area (Å²) in [5.74, 6) is -0.103. The number of unbranched alkanes of at least 4 members (excludes halogenated alkanes) is 1. The third-order valence-corrected chi connectivity index (χ3v) is 5.72. The Balaban J connectivity index is 1.91. The zero-order valence-corrected chi connectivity index (χ0v) is 17.5. The molecule has 0 unspecified atom stereocenters. The number of ether oxygens (including phenoxy) is 2. The number of hydrogen-bond donors (Lipinski definition) is 2. The summed E-state index contributed by atoms with van der Waals surface area (Å²) in [4.78, 5) is 10.5. The molecule has 0 aliphatic heterocycles. The molecule has 156 valence electrons. The Bertz CT molecular complexity index is 664. The highest BCUT2D eigenvalue weighted by Crippen LogP contribution is 2.39. The molecule has 0 amide bonds. The zero-order chi connectivity index (χ0) is 20.5. The molecule has 4 atom stereocenters. The molecular weight excluding hydrogens is 403 g/mol. The van der Waals surface area contributed by atoms with Gasteiger partial charge in [-0.3, -0.25) is 4.79 Å². The molecule has 7 heteroatoms. The number of aliphatic hydroxyl groups is 1. The second-order valence-corrected chi connectivity index (χ2v) is 8.18. The Kier molecular flexibility index (Phi) is 9.59. The fourth-order valence-electron chi connectivity index (χ4n) is 3.58. The molecule has 1 fully saturated rings. The van der Waals surface area contributed by atoms with E-state index in [9.17, 15) is 9.90 Å². The molecule has 0 heterocycles. The predicted molar refractivity (Wildman–Crippen MR) is 110 cm³/mol. The van der Waals surface area contributed by atoms with Crippen molar-refractivity contribution >= 4 is 29.2 Å². The molecule has 2 N–H and O–H groups in total. The van der Waals surface area contributed by atoms with E-state index in [1.54, 1.807) is 13.2 Å². The molecular formula is C21H28Cl2O5. The summed E-state index contributed by atoms with van der Waals surface area (Å²) in [5.41, 5.74) is 0.924. The van der Waals surface area contributed by atoms with Gasteiger partial charge in [-0.1, -0.05) is 23.8 Å². The van der Waals surface area contributed by atoms with Crippen LogP contribution in [0, 0.1) is 11.8 Å². The van der Waals surface area contributed by atoms with Gasteiger partial charge in [-0.2, -0.15) is 0 Å². The van der Waals surface area contributed by atoms with Gasteiger partial charge in [0, 0.05) is 29.8 Å². The van der Waals surface area contributed by atoms with Gasteiger partial charge in [-0.05, 0) is 55.4 Å². The fraction of sp³-hybridized carbons (Fsp3) is 0.571. The topological polar surface area (TPSA) is 76.0 Å². The van der Waals surface area contributed by atoms with Gasteiger partial charge in [0.2, 0.25) is 0 Å². The standard InChI is InChI=1S/C21H28Cl2O5/c1-27-12-14-8-15(22)10-16(9-14)28-13-18-17(19(23)11-20(18)24)6-4-2-3-5-7-21(25)26/h2,4,8-10,17-20,24H,3,5-7,11-13H2,1H3,(H,25,26)/b4-2-/t17-,18-,19+,20-/m1/s1. The zero-order valence-electron chi connectivity index (χ0n) is 16.0. The lowest BCUT2D eigenvalue weighted by Crippen LogP contribution is -2.27. The molecule has 0 bridgehead atoms. The second kappa shape index (κ2) is 11.7. The van der Waals surface area contributed by atoms with Crippen LogP contribution < -0.4 is 4.74 Å². The third kappa shape index (κ3) is 7.28. The van der Waals surface area contributed by atoms with E-state index in [1.807, 2.05) is 24.3 Å². The van der Waals surface area contributed by atoms with Gasteiger partial charge in [0.05, 0.1) is 19.3 Å². The summed E-state index contributed by atoms with van der Waals surface area (Å²) in [6, 6.07) is 5.46. The van der Waals surface area contributed by atoms with E-state index in [4.69, 9.17) is 37.8 Å². The largest absolute Gasteiger partial charge is 0.493 e. The van der Waals surface area contributed by atoms with Crippen molar-refractivity contribution in [1.82, 2.24) is 0 Å². The van der Waals surface area contributed by atoms with Gasteiger partial charge in [0.25, 0.3) is 0 Å². The molecule has 28 heavy (non-hydrogen) atoms. The van der Waals surface area contributed by atoms with E-state index in [0.717, 1.165) is 18.4 Å². The lowest BCUT2D eigenvalue weighted by molar-refractivity contribution is -0.137. The quantitative estimate of drug-likeness (QED) is 0.303. The molecule has 1 aromatic carbocycles. The van der Waals surface area contributed by atoms with Crippen LogP contribution in [-0.2, 0) is 16.1 Å². The number of aliphatic carboxylic acids is 1. The number of carboxylic acids is 1. The number of rotatable bonds is 11. The Morgan fingerprint density at radius 1 is 1.29 bits per heavy atom. The van der Waals surface area contributed by atoms with Crippen LogP contribution in [-0.4, -0.2) is 41.4 Å². The molecule has 0 saturated heterocycles. The maximum atomic E-state index is 10.5. The Morgan fingerprint density at radius 3 is 2.79 bits per heavy atom. The van der Waals surface area contributed by atoms with Gasteiger partial charge < -0.3 is 19.7 Å². The minimum absolute atomic E-state index is 0.0731. The highest BCUT2D eigenvalue weighted by molar-refractivity contribution is 6.30. The van der Waals surface area contributed by atoms with Crippen molar-refractivity contribution in [2.75, 3.05) is 13.7 Å². The minimum atomic E-state index is -0.778. The SMILES string of the molecule is COCc1cc(Cl)cc(OC[C@@H]2[C@@H](C/C=C\CCCC(=O)O)[C@@H](Cl)C[C@H]2O)c1. The van der Waals surface area contributed by atoms with E-state index in [2.05, 4.69) is 0 Å². The number of alkyl halides is 1. The van der Waals surface area contributed by atoms with Crippen molar-refractivity contribution < 1.29 is 24.5 Å². The normalized spacial score (nSPS) is 24.7. The lowest BCUT2D eigenvalue weighted by Gasteiger charge is -2.23. The van der Waals surface area contributed by atoms with Crippen molar-refractivity contribution in [3.05, 3.63) is 40.9 Å². The van der Waals surface area contributed by atoms with Crippen molar-refractivity contribution in [3.8, 4) is 5.75 Å². The molecule has 2 rings (SSSR count). The monoisotopic (exact) mass is 430 g/mol. The minimum Gasteiger partial charge on any atom is -0.493 e. The first-order valence-corrected chi connectivity index (χ1v) is 10.3. The van der Waals surface area contributed by atoms with E-state index in [-0.39, 0.29) is 23.6 Å². The molecule has 5 nitrogen and oxygen atoms in total. The van der Waals surface area contributed by atoms with Crippen LogP contribution >= 0.6 is 23.2 Å². The van der Waals surface area contributed by atoms with Gasteiger partial charge in [0.15, 0.2) is 0 Å². The first kappa shape index (κ1) is 23.0. The molecule has 0 spiro atoms. The number of methoxy groups -OCH3 is 1. The van der Waals surface area contributed by atoms with Crippen LogP contribution in [0.3, 0.4) is 0 Å². The molecule has 1 aliphatic rings. The van der Waals surface area contributed by atoms with Crippen LogP contribution in [0.5, 0.6) is 5.75 Å². The number of carboxylic acid groups (broad SMARTS) is 1. The molecule has 0 radical (unpaired) electrons. The van der Waals surface area contributed by atoms with Gasteiger partial charge in [-0.25, -0.2) is 0 Å². The number of carbonyl (C=O) groups is 1. The summed E-state index contributed by atoms with van der Waals surface area (Å²) in [6.07, 6.45) is 6.30. The summed E-state index contributed by atoms with van der Waals surface area (Å²) in [6.45, 7) is 0.802. The molecule has 1 saturated carbocycles. The van der Waals surface area contributed by atoms with Gasteiger partial charge in [-0.15, -0.1) is 11.6 Å². The van der Waals surface area contributed by atoms with E-state index >= 15 is 0 Å². The van der Waals surface area contributed by atoms with Gasteiger partial charge >= 0.3 is 5.97 Å². The molecule has 1 aromatic rings. The van der Waals surface area contributed by atoms with E-state index < -0.39 is 12.1 Å². The van der Waals surface area contributed by atoms with E-state index in [0.29, 0.717) is 36.8 Å². The first-order valence-electron chi connectivity index (χ1n) is 9.50. The highest BCUT2D eigenvalue weighted by atomic mass is 35.5. The van der Waals surface area contributed by atoms with Crippen LogP contribution in [0.1, 0.15) is 37.7 Å². The number of benzene rings is 1. The van der Waals surface area contributed by atoms with Crippen LogP contribution in [0.15, 0.2) is 30.4 Å². The predicted octanol–water partition coefficient (Wildman–Crippen LogP) is 4.67. The summed E-state index contributed by atoms with van der Waals surface area (Å²) in [7, 11) is 1.62.